The van der Waals surface area contributed by atoms with Crippen LogP contribution in [0.1, 0.15) is 30.4 Å². The van der Waals surface area contributed by atoms with Crippen molar-refractivity contribution in [3.8, 4) is 0 Å². The molecule has 1 saturated carbocycles. The van der Waals surface area contributed by atoms with Crippen LogP contribution in [0.5, 0.6) is 0 Å². The molecule has 1 aromatic carbocycles. The topological polar surface area (TPSA) is 38.3 Å². The van der Waals surface area contributed by atoms with E-state index in [1.54, 1.807) is 0 Å². The lowest BCUT2D eigenvalue weighted by Crippen LogP contribution is -2.49. The first-order valence-corrected chi connectivity index (χ1v) is 7.90. The molecule has 0 bridgehead atoms. The van der Waals surface area contributed by atoms with Gasteiger partial charge in [-0.2, -0.15) is 0 Å². The van der Waals surface area contributed by atoms with Crippen LogP contribution < -0.4 is 5.32 Å². The van der Waals surface area contributed by atoms with Crippen LogP contribution in [0.15, 0.2) is 23.1 Å². The highest BCUT2D eigenvalue weighted by Crippen LogP contribution is 2.41. The van der Waals surface area contributed by atoms with Crippen molar-refractivity contribution in [3.63, 3.8) is 0 Å². The van der Waals surface area contributed by atoms with E-state index in [2.05, 4.69) is 37.4 Å². The lowest BCUT2D eigenvalue weighted by atomic mass is 9.98. The highest BCUT2D eigenvalue weighted by molar-refractivity contribution is 8.00. The molecule has 0 heterocycles. The summed E-state index contributed by atoms with van der Waals surface area (Å²) in [7, 11) is 3.31. The molecule has 1 aliphatic rings. The van der Waals surface area contributed by atoms with E-state index in [9.17, 15) is 4.79 Å². The average molecular weight is 293 g/mol. The van der Waals surface area contributed by atoms with Crippen molar-refractivity contribution < 1.29 is 9.53 Å². The van der Waals surface area contributed by atoms with Gasteiger partial charge in [0.15, 0.2) is 0 Å². The van der Waals surface area contributed by atoms with Gasteiger partial charge >= 0.3 is 5.97 Å². The van der Waals surface area contributed by atoms with E-state index in [0.29, 0.717) is 5.25 Å². The first-order valence-electron chi connectivity index (χ1n) is 7.02. The largest absolute Gasteiger partial charge is 0.468 e. The van der Waals surface area contributed by atoms with E-state index in [1.165, 1.54) is 23.1 Å². The summed E-state index contributed by atoms with van der Waals surface area (Å²) in [5.74, 6) is -0.135. The standard InChI is InChI=1S/C16H23NO2S/c1-11-5-6-12(2)14(9-11)20-13-7-8-16(10-13,17-3)15(18)19-4/h5-6,9,13,17H,7-8,10H2,1-4H3. The van der Waals surface area contributed by atoms with Crippen molar-refractivity contribution in [2.45, 2.75) is 48.8 Å². The summed E-state index contributed by atoms with van der Waals surface area (Å²) in [4.78, 5) is 13.3. The first-order chi connectivity index (χ1) is 9.50. The highest BCUT2D eigenvalue weighted by atomic mass is 32.2. The van der Waals surface area contributed by atoms with Gasteiger partial charge in [0, 0.05) is 10.1 Å². The van der Waals surface area contributed by atoms with Crippen LogP contribution in [-0.4, -0.2) is 30.9 Å². The van der Waals surface area contributed by atoms with Crippen LogP contribution in [0.3, 0.4) is 0 Å². The van der Waals surface area contributed by atoms with E-state index < -0.39 is 5.54 Å². The molecular formula is C16H23NO2S. The summed E-state index contributed by atoms with van der Waals surface area (Å²) < 4.78 is 4.96. The van der Waals surface area contributed by atoms with Crippen LogP contribution in [0.4, 0.5) is 0 Å². The quantitative estimate of drug-likeness (QED) is 0.866. The third kappa shape index (κ3) is 3.01. The fraction of sp³-hybridized carbons (Fsp3) is 0.562. The number of hydrogen-bond acceptors (Lipinski definition) is 4. The molecule has 2 rings (SSSR count). The fourth-order valence-electron chi connectivity index (χ4n) is 2.82. The molecule has 1 aliphatic carbocycles. The van der Waals surface area contributed by atoms with Gasteiger partial charge in [-0.15, -0.1) is 11.8 Å². The number of nitrogens with one attached hydrogen (secondary N) is 1. The minimum atomic E-state index is -0.496. The number of hydrogen-bond donors (Lipinski definition) is 1. The van der Waals surface area contributed by atoms with Gasteiger partial charge in [0.1, 0.15) is 5.54 Å². The predicted molar refractivity (Wildman–Crippen MR) is 83.2 cm³/mol. The summed E-state index contributed by atoms with van der Waals surface area (Å²) in [6.45, 7) is 4.26. The zero-order valence-corrected chi connectivity index (χ0v) is 13.5. The molecule has 4 heteroatoms. The first kappa shape index (κ1) is 15.4. The maximum atomic E-state index is 12.0. The van der Waals surface area contributed by atoms with E-state index in [4.69, 9.17) is 4.74 Å². The Morgan fingerprint density at radius 1 is 1.45 bits per heavy atom. The van der Waals surface area contributed by atoms with Gasteiger partial charge in [0.05, 0.1) is 7.11 Å². The molecule has 1 N–H and O–H groups in total. The second-order valence-corrected chi connectivity index (χ2v) is 6.92. The van der Waals surface area contributed by atoms with Gasteiger partial charge in [0.2, 0.25) is 0 Å². The molecule has 0 spiro atoms. The van der Waals surface area contributed by atoms with Crippen molar-refractivity contribution in [1.29, 1.82) is 0 Å². The van der Waals surface area contributed by atoms with E-state index in [1.807, 2.05) is 18.8 Å². The normalized spacial score (nSPS) is 25.7. The van der Waals surface area contributed by atoms with Crippen molar-refractivity contribution in [3.05, 3.63) is 29.3 Å². The SMILES string of the molecule is CNC1(C(=O)OC)CCC(Sc2cc(C)ccc2C)C1. The van der Waals surface area contributed by atoms with Gasteiger partial charge in [-0.25, -0.2) is 0 Å². The second-order valence-electron chi connectivity index (χ2n) is 5.58. The molecule has 2 unspecified atom stereocenters. The van der Waals surface area contributed by atoms with Crippen molar-refractivity contribution in [1.82, 2.24) is 5.32 Å². The molecule has 0 amide bonds. The smallest absolute Gasteiger partial charge is 0.326 e. The Hall–Kier alpha value is -1.00. The number of methoxy groups -OCH3 is 1. The van der Waals surface area contributed by atoms with Crippen LogP contribution in [0.2, 0.25) is 0 Å². The molecule has 0 saturated heterocycles. The maximum absolute atomic E-state index is 12.0. The number of carbonyl (C=O) groups excluding carboxylic acids is 1. The summed E-state index contributed by atoms with van der Waals surface area (Å²) in [5, 5.41) is 3.64. The minimum absolute atomic E-state index is 0.135. The highest BCUT2D eigenvalue weighted by Gasteiger charge is 2.45. The molecule has 1 fully saturated rings. The number of carbonyl (C=O) groups is 1. The Morgan fingerprint density at radius 3 is 2.85 bits per heavy atom. The maximum Gasteiger partial charge on any atom is 0.326 e. The van der Waals surface area contributed by atoms with Crippen molar-refractivity contribution in [2.75, 3.05) is 14.2 Å². The molecule has 0 aliphatic heterocycles. The van der Waals surface area contributed by atoms with Crippen molar-refractivity contribution in [2.24, 2.45) is 0 Å². The Balaban J connectivity index is 2.10. The monoisotopic (exact) mass is 293 g/mol. The molecular weight excluding hydrogens is 270 g/mol. The van der Waals surface area contributed by atoms with Gasteiger partial charge in [0.25, 0.3) is 0 Å². The number of ether oxygens (including phenoxy) is 1. The zero-order valence-electron chi connectivity index (χ0n) is 12.7. The van der Waals surface area contributed by atoms with Gasteiger partial charge < -0.3 is 10.1 Å². The summed E-state index contributed by atoms with van der Waals surface area (Å²) in [6.07, 6.45) is 2.71. The minimum Gasteiger partial charge on any atom is -0.468 e. The average Bonchev–Trinajstić information content (AvgIpc) is 2.86. The summed E-state index contributed by atoms with van der Waals surface area (Å²) in [6, 6.07) is 6.54. The fourth-order valence-corrected chi connectivity index (χ4v) is 4.30. The molecule has 3 nitrogen and oxygen atoms in total. The van der Waals surface area contributed by atoms with Crippen LogP contribution in [0, 0.1) is 13.8 Å². The van der Waals surface area contributed by atoms with Gasteiger partial charge in [-0.05, 0) is 51.8 Å². The predicted octanol–water partition coefficient (Wildman–Crippen LogP) is 3.08. The molecule has 1 aromatic rings. The number of benzene rings is 1. The molecule has 110 valence electrons. The second kappa shape index (κ2) is 6.19. The van der Waals surface area contributed by atoms with E-state index >= 15 is 0 Å². The Morgan fingerprint density at radius 2 is 2.20 bits per heavy atom. The zero-order chi connectivity index (χ0) is 14.8. The third-order valence-electron chi connectivity index (χ3n) is 4.16. The Bertz CT molecular complexity index is 503. The molecule has 0 radical (unpaired) electrons. The Labute approximate surface area is 125 Å². The number of likely N-dealkylation sites (N-methyl/N-ethyl adjacent to an activating group) is 1. The van der Waals surface area contributed by atoms with Gasteiger partial charge in [-0.3, -0.25) is 4.79 Å². The lowest BCUT2D eigenvalue weighted by Gasteiger charge is -2.25. The van der Waals surface area contributed by atoms with E-state index in [0.717, 1.165) is 19.3 Å². The van der Waals surface area contributed by atoms with Gasteiger partial charge in [-0.1, -0.05) is 17.7 Å². The third-order valence-corrected chi connectivity index (χ3v) is 5.59. The molecule has 0 aromatic heterocycles. The van der Waals surface area contributed by atoms with Crippen LogP contribution in [0.25, 0.3) is 0 Å². The Kier molecular flexibility index (Phi) is 4.76. The number of aryl methyl sites for hydroxylation is 2. The van der Waals surface area contributed by atoms with E-state index in [-0.39, 0.29) is 5.97 Å². The van der Waals surface area contributed by atoms with Crippen LogP contribution >= 0.6 is 11.8 Å². The molecule has 2 atom stereocenters. The summed E-state index contributed by atoms with van der Waals surface area (Å²) >= 11 is 1.89. The number of thioether (sulfide) groups is 1. The van der Waals surface area contributed by atoms with Crippen LogP contribution in [-0.2, 0) is 9.53 Å². The van der Waals surface area contributed by atoms with Crippen molar-refractivity contribution >= 4 is 17.7 Å². The summed E-state index contributed by atoms with van der Waals surface area (Å²) in [5.41, 5.74) is 2.09. The molecule has 20 heavy (non-hydrogen) atoms. The lowest BCUT2D eigenvalue weighted by molar-refractivity contribution is -0.148. The number of esters is 1. The number of rotatable bonds is 4.